The molecule has 3 aromatic carbocycles. The van der Waals surface area contributed by atoms with Gasteiger partial charge in [0, 0.05) is 31.9 Å². The molecule has 1 unspecified atom stereocenters. The number of aromatic nitrogens is 1. The fraction of sp³-hybridized carbons (Fsp3) is 0.375. The van der Waals surface area contributed by atoms with E-state index >= 15 is 0 Å². The van der Waals surface area contributed by atoms with E-state index in [1.54, 1.807) is 6.20 Å². The van der Waals surface area contributed by atoms with Crippen molar-refractivity contribution in [2.24, 2.45) is 0 Å². The number of ether oxygens (including phenoxy) is 1. The lowest BCUT2D eigenvalue weighted by Gasteiger charge is -2.26. The Labute approximate surface area is 233 Å². The number of rotatable bonds is 8. The zero-order valence-electron chi connectivity index (χ0n) is 22.7. The molecule has 8 heteroatoms. The number of fused-ring (bicyclic) bond motifs is 3. The first kappa shape index (κ1) is 25.1. The molecule has 1 atom stereocenters. The van der Waals surface area contributed by atoms with Crippen molar-refractivity contribution in [2.45, 2.75) is 38.1 Å². The number of nitrogens with zero attached hydrogens (tertiary/aromatic N) is 2. The summed E-state index contributed by atoms with van der Waals surface area (Å²) in [6, 6.07) is 16.4. The van der Waals surface area contributed by atoms with Crippen LogP contribution >= 0.6 is 0 Å². The first-order valence-corrected chi connectivity index (χ1v) is 14.6. The molecule has 3 aliphatic rings. The van der Waals surface area contributed by atoms with Crippen LogP contribution in [0.3, 0.4) is 0 Å². The molecule has 8 nitrogen and oxygen atoms in total. The minimum atomic E-state index is -0.336. The maximum Gasteiger partial charge on any atom is 0.256 e. The van der Waals surface area contributed by atoms with Crippen LogP contribution in [0.4, 0.5) is 5.69 Å². The lowest BCUT2D eigenvalue weighted by Crippen LogP contribution is -2.33. The minimum Gasteiger partial charge on any atom is -0.451 e. The summed E-state index contributed by atoms with van der Waals surface area (Å²) in [7, 11) is 0. The van der Waals surface area contributed by atoms with Crippen molar-refractivity contribution in [3.8, 4) is 17.2 Å². The Morgan fingerprint density at radius 1 is 1.02 bits per heavy atom. The van der Waals surface area contributed by atoms with E-state index in [2.05, 4.69) is 39.0 Å². The summed E-state index contributed by atoms with van der Waals surface area (Å²) in [5, 5.41) is 12.6. The molecule has 1 aromatic heterocycles. The third-order valence-corrected chi connectivity index (χ3v) is 8.55. The summed E-state index contributed by atoms with van der Waals surface area (Å²) < 4.78 is 8.51. The van der Waals surface area contributed by atoms with Gasteiger partial charge in [-0.1, -0.05) is 24.3 Å². The predicted octanol–water partition coefficient (Wildman–Crippen LogP) is 4.63. The number of nitrogens with one attached hydrogen (secondary N) is 3. The summed E-state index contributed by atoms with van der Waals surface area (Å²) in [4.78, 5) is 29.5. The number of hydrogen-bond acceptors (Lipinski definition) is 6. The minimum absolute atomic E-state index is 0.147. The molecule has 0 saturated carbocycles. The Morgan fingerprint density at radius 3 is 2.65 bits per heavy atom. The highest BCUT2D eigenvalue weighted by molar-refractivity contribution is 6.01. The van der Waals surface area contributed by atoms with Crippen LogP contribution in [0.15, 0.2) is 59.5 Å². The molecule has 4 aromatic rings. The molecule has 2 fully saturated rings. The third-order valence-electron chi connectivity index (χ3n) is 8.55. The summed E-state index contributed by atoms with van der Waals surface area (Å²) >= 11 is 0. The Balaban J connectivity index is 1.28. The maximum absolute atomic E-state index is 13.7. The topological polar surface area (TPSA) is 87.6 Å². The maximum atomic E-state index is 13.7. The molecule has 0 bridgehead atoms. The number of anilines is 1. The van der Waals surface area contributed by atoms with E-state index in [4.69, 9.17) is 4.74 Å². The molecule has 4 heterocycles. The Bertz CT molecular complexity index is 1650. The standard InChI is InChI=1S/C32H35N5O3/c38-30-24-9-10-26(34-14-17-36-15-3-4-16-36)31-29(24)37(20-25(30)32(39)35-13-11-23-8-5-12-33-23)27-18-21-6-1-2-7-22(21)19-28(27)40-31/h1-2,6-7,9-10,18-20,23,33-34H,3-5,8,11-17H2,(H,35,39). The molecule has 0 aliphatic carbocycles. The van der Waals surface area contributed by atoms with Gasteiger partial charge in [-0.05, 0) is 86.8 Å². The smallest absolute Gasteiger partial charge is 0.256 e. The van der Waals surface area contributed by atoms with Gasteiger partial charge in [0.15, 0.2) is 11.5 Å². The molecule has 0 radical (unpaired) electrons. The number of likely N-dealkylation sites (tertiary alicyclic amines) is 1. The molecular weight excluding hydrogens is 502 g/mol. The van der Waals surface area contributed by atoms with Crippen molar-refractivity contribution in [1.29, 1.82) is 0 Å². The first-order chi connectivity index (χ1) is 19.7. The van der Waals surface area contributed by atoms with Gasteiger partial charge in [-0.25, -0.2) is 0 Å². The predicted molar refractivity (Wildman–Crippen MR) is 159 cm³/mol. The van der Waals surface area contributed by atoms with Gasteiger partial charge >= 0.3 is 0 Å². The first-order valence-electron chi connectivity index (χ1n) is 14.6. The zero-order valence-corrected chi connectivity index (χ0v) is 22.7. The van der Waals surface area contributed by atoms with E-state index < -0.39 is 0 Å². The quantitative estimate of drug-likeness (QED) is 0.268. The van der Waals surface area contributed by atoms with Crippen molar-refractivity contribution in [3.63, 3.8) is 0 Å². The van der Waals surface area contributed by atoms with Crippen LogP contribution in [-0.2, 0) is 0 Å². The van der Waals surface area contributed by atoms with Crippen LogP contribution in [-0.4, -0.2) is 60.7 Å². The normalized spacial score (nSPS) is 18.1. The third kappa shape index (κ3) is 4.61. The molecule has 1 amide bonds. The van der Waals surface area contributed by atoms with Crippen molar-refractivity contribution >= 4 is 33.3 Å². The Hall–Kier alpha value is -3.88. The van der Waals surface area contributed by atoms with E-state index in [-0.39, 0.29) is 16.9 Å². The lowest BCUT2D eigenvalue weighted by molar-refractivity contribution is 0.0951. The SMILES string of the molecule is O=C(NCCC1CCCN1)c1cn2c3c(c(NCCN4CCCC4)ccc3c1=O)Oc1cc3ccccc3cc1-2. The second kappa shape index (κ2) is 10.6. The van der Waals surface area contributed by atoms with Crippen LogP contribution in [0.25, 0.3) is 27.4 Å². The van der Waals surface area contributed by atoms with Gasteiger partial charge < -0.3 is 30.2 Å². The van der Waals surface area contributed by atoms with Gasteiger partial charge in [0.05, 0.1) is 16.8 Å². The van der Waals surface area contributed by atoms with Crippen LogP contribution in [0.5, 0.6) is 11.5 Å². The molecular formula is C32H35N5O3. The van der Waals surface area contributed by atoms with E-state index in [1.807, 2.05) is 34.9 Å². The number of benzene rings is 3. The van der Waals surface area contributed by atoms with Crippen molar-refractivity contribution in [2.75, 3.05) is 44.6 Å². The van der Waals surface area contributed by atoms with Gasteiger partial charge in [0.1, 0.15) is 11.1 Å². The molecule has 7 rings (SSSR count). The van der Waals surface area contributed by atoms with Gasteiger partial charge in [-0.3, -0.25) is 9.59 Å². The van der Waals surface area contributed by atoms with Crippen molar-refractivity contribution < 1.29 is 9.53 Å². The summed E-state index contributed by atoms with van der Waals surface area (Å²) in [5.41, 5.74) is 2.22. The summed E-state index contributed by atoms with van der Waals surface area (Å²) in [6.07, 6.45) is 7.36. The average molecular weight is 538 g/mol. The lowest BCUT2D eigenvalue weighted by atomic mass is 10.0. The van der Waals surface area contributed by atoms with Crippen LogP contribution in [0, 0.1) is 0 Å². The average Bonchev–Trinajstić information content (AvgIpc) is 3.69. The second-order valence-corrected chi connectivity index (χ2v) is 11.2. The zero-order chi connectivity index (χ0) is 27.1. The van der Waals surface area contributed by atoms with Gasteiger partial charge in [0.25, 0.3) is 5.91 Å². The molecule has 3 N–H and O–H groups in total. The molecule has 206 valence electrons. The van der Waals surface area contributed by atoms with E-state index in [0.29, 0.717) is 35.0 Å². The van der Waals surface area contributed by atoms with Gasteiger partial charge in [0.2, 0.25) is 5.43 Å². The summed E-state index contributed by atoms with van der Waals surface area (Å²) in [5.74, 6) is 0.985. The number of amides is 1. The van der Waals surface area contributed by atoms with E-state index in [0.717, 1.165) is 67.7 Å². The van der Waals surface area contributed by atoms with Crippen LogP contribution in [0.2, 0.25) is 0 Å². The van der Waals surface area contributed by atoms with Gasteiger partial charge in [-0.15, -0.1) is 0 Å². The van der Waals surface area contributed by atoms with Gasteiger partial charge in [-0.2, -0.15) is 0 Å². The van der Waals surface area contributed by atoms with Crippen molar-refractivity contribution in [1.82, 2.24) is 20.1 Å². The highest BCUT2D eigenvalue weighted by atomic mass is 16.5. The summed E-state index contributed by atoms with van der Waals surface area (Å²) in [6.45, 7) is 5.59. The van der Waals surface area contributed by atoms with Crippen LogP contribution < -0.4 is 26.1 Å². The van der Waals surface area contributed by atoms with Crippen LogP contribution in [0.1, 0.15) is 42.5 Å². The van der Waals surface area contributed by atoms with E-state index in [1.165, 1.54) is 19.3 Å². The highest BCUT2D eigenvalue weighted by Crippen LogP contribution is 2.45. The number of carbonyl (C=O) groups is 1. The molecule has 3 aliphatic heterocycles. The molecule has 0 spiro atoms. The number of pyridine rings is 1. The fourth-order valence-electron chi connectivity index (χ4n) is 6.39. The number of carbonyl (C=O) groups excluding carboxylic acids is 1. The highest BCUT2D eigenvalue weighted by Gasteiger charge is 2.27. The number of hydrogen-bond donors (Lipinski definition) is 3. The van der Waals surface area contributed by atoms with Crippen molar-refractivity contribution in [3.05, 3.63) is 70.5 Å². The Morgan fingerprint density at radius 2 is 1.85 bits per heavy atom. The fourth-order valence-corrected chi connectivity index (χ4v) is 6.39. The van der Waals surface area contributed by atoms with E-state index in [9.17, 15) is 9.59 Å². The molecule has 2 saturated heterocycles. The second-order valence-electron chi connectivity index (χ2n) is 11.2. The monoisotopic (exact) mass is 537 g/mol. The Kier molecular flexibility index (Phi) is 6.65. The largest absolute Gasteiger partial charge is 0.451 e. The molecule has 40 heavy (non-hydrogen) atoms.